The van der Waals surface area contributed by atoms with E-state index >= 15 is 0 Å². The Morgan fingerprint density at radius 3 is 2.65 bits per heavy atom. The topological polar surface area (TPSA) is 40.5 Å². The van der Waals surface area contributed by atoms with E-state index in [1.54, 1.807) is 0 Å². The Bertz CT molecular complexity index is 487. The van der Waals surface area contributed by atoms with Crippen molar-refractivity contribution in [1.82, 2.24) is 4.90 Å². The van der Waals surface area contributed by atoms with Gasteiger partial charge in [-0.3, -0.25) is 4.79 Å². The van der Waals surface area contributed by atoms with Gasteiger partial charge in [0.2, 0.25) is 5.91 Å². The van der Waals surface area contributed by atoms with Gasteiger partial charge in [-0.1, -0.05) is 43.6 Å². The summed E-state index contributed by atoms with van der Waals surface area (Å²) in [5.41, 5.74) is 1.08. The van der Waals surface area contributed by atoms with Gasteiger partial charge in [-0.15, -0.1) is 0 Å². The SMILES string of the molecule is CC1(C)CC1C(=O)N(CCCO)Cc1ccccc1Cl. The molecule has 0 spiro atoms. The predicted molar refractivity (Wildman–Crippen MR) is 80.5 cm³/mol. The lowest BCUT2D eigenvalue weighted by Gasteiger charge is -2.24. The lowest BCUT2D eigenvalue weighted by atomic mass is 10.1. The summed E-state index contributed by atoms with van der Waals surface area (Å²) in [4.78, 5) is 14.4. The molecule has 20 heavy (non-hydrogen) atoms. The van der Waals surface area contributed by atoms with Gasteiger partial charge in [0, 0.05) is 30.6 Å². The Labute approximate surface area is 125 Å². The maximum atomic E-state index is 12.5. The van der Waals surface area contributed by atoms with Crippen LogP contribution in [0.5, 0.6) is 0 Å². The van der Waals surface area contributed by atoms with E-state index in [4.69, 9.17) is 16.7 Å². The van der Waals surface area contributed by atoms with E-state index in [2.05, 4.69) is 13.8 Å². The van der Waals surface area contributed by atoms with Crippen LogP contribution in [0.1, 0.15) is 32.3 Å². The molecular formula is C16H22ClNO2. The van der Waals surface area contributed by atoms with Gasteiger partial charge in [0.25, 0.3) is 0 Å². The minimum Gasteiger partial charge on any atom is -0.396 e. The smallest absolute Gasteiger partial charge is 0.226 e. The number of aliphatic hydroxyl groups is 1. The zero-order chi connectivity index (χ0) is 14.8. The van der Waals surface area contributed by atoms with Crippen molar-refractivity contribution in [2.75, 3.05) is 13.2 Å². The van der Waals surface area contributed by atoms with Gasteiger partial charge in [0.15, 0.2) is 0 Å². The van der Waals surface area contributed by atoms with Crippen molar-refractivity contribution in [3.05, 3.63) is 34.9 Å². The van der Waals surface area contributed by atoms with Gasteiger partial charge in [-0.05, 0) is 29.9 Å². The van der Waals surface area contributed by atoms with Crippen molar-refractivity contribution in [2.24, 2.45) is 11.3 Å². The van der Waals surface area contributed by atoms with Crippen LogP contribution >= 0.6 is 11.6 Å². The van der Waals surface area contributed by atoms with Gasteiger partial charge < -0.3 is 10.0 Å². The molecule has 1 unspecified atom stereocenters. The summed E-state index contributed by atoms with van der Waals surface area (Å²) >= 11 is 6.17. The first-order valence-corrected chi connectivity index (χ1v) is 7.46. The first-order chi connectivity index (χ1) is 9.45. The lowest BCUT2D eigenvalue weighted by Crippen LogP contribution is -2.34. The zero-order valence-corrected chi connectivity index (χ0v) is 12.9. The number of carbonyl (C=O) groups excluding carboxylic acids is 1. The highest BCUT2D eigenvalue weighted by molar-refractivity contribution is 6.31. The molecule has 1 N–H and O–H groups in total. The minimum absolute atomic E-state index is 0.0976. The van der Waals surface area contributed by atoms with Gasteiger partial charge in [0.1, 0.15) is 0 Å². The average molecular weight is 296 g/mol. The van der Waals surface area contributed by atoms with Crippen LogP contribution in [0.25, 0.3) is 0 Å². The minimum atomic E-state index is 0.0976. The summed E-state index contributed by atoms with van der Waals surface area (Å²) in [5, 5.41) is 9.70. The highest BCUT2D eigenvalue weighted by Gasteiger charge is 2.51. The summed E-state index contributed by atoms with van der Waals surface area (Å²) in [7, 11) is 0. The Kier molecular flexibility index (Phi) is 4.71. The van der Waals surface area contributed by atoms with Gasteiger partial charge in [-0.2, -0.15) is 0 Å². The molecule has 1 amide bonds. The normalized spacial score (nSPS) is 19.7. The molecule has 4 heteroatoms. The number of hydrogen-bond acceptors (Lipinski definition) is 2. The maximum Gasteiger partial charge on any atom is 0.226 e. The van der Waals surface area contributed by atoms with E-state index in [1.807, 2.05) is 29.2 Å². The third kappa shape index (κ3) is 3.53. The molecule has 1 fully saturated rings. The molecule has 0 saturated heterocycles. The average Bonchev–Trinajstić information content (AvgIpc) is 3.05. The van der Waals surface area contributed by atoms with Crippen molar-refractivity contribution in [1.29, 1.82) is 0 Å². The third-order valence-corrected chi connectivity index (χ3v) is 4.40. The Balaban J connectivity index is 2.08. The molecule has 110 valence electrons. The number of aliphatic hydroxyl groups excluding tert-OH is 1. The number of rotatable bonds is 6. The van der Waals surface area contributed by atoms with E-state index < -0.39 is 0 Å². The highest BCUT2D eigenvalue weighted by Crippen LogP contribution is 2.52. The zero-order valence-electron chi connectivity index (χ0n) is 12.1. The maximum absolute atomic E-state index is 12.5. The van der Waals surface area contributed by atoms with Crippen molar-refractivity contribution in [3.63, 3.8) is 0 Å². The molecule has 0 bridgehead atoms. The number of halogens is 1. The van der Waals surface area contributed by atoms with Crippen LogP contribution in [0.15, 0.2) is 24.3 Å². The molecule has 1 aliphatic carbocycles. The van der Waals surface area contributed by atoms with Crippen LogP contribution in [-0.2, 0) is 11.3 Å². The van der Waals surface area contributed by atoms with Crippen LogP contribution in [0, 0.1) is 11.3 Å². The van der Waals surface area contributed by atoms with Crippen molar-refractivity contribution in [3.8, 4) is 0 Å². The van der Waals surface area contributed by atoms with Crippen LogP contribution in [0.2, 0.25) is 5.02 Å². The number of hydrogen-bond donors (Lipinski definition) is 1. The van der Waals surface area contributed by atoms with E-state index in [0.717, 1.165) is 12.0 Å². The Morgan fingerprint density at radius 2 is 2.10 bits per heavy atom. The molecule has 1 aliphatic rings. The van der Waals surface area contributed by atoms with Crippen molar-refractivity contribution >= 4 is 17.5 Å². The molecule has 2 rings (SSSR count). The fourth-order valence-corrected chi connectivity index (χ4v) is 2.67. The molecule has 1 aromatic rings. The van der Waals surface area contributed by atoms with Crippen molar-refractivity contribution < 1.29 is 9.90 Å². The second-order valence-electron chi connectivity index (χ2n) is 6.17. The van der Waals surface area contributed by atoms with E-state index in [1.165, 1.54) is 0 Å². The second kappa shape index (κ2) is 6.15. The summed E-state index contributed by atoms with van der Waals surface area (Å²) in [6.45, 7) is 5.43. The third-order valence-electron chi connectivity index (χ3n) is 4.03. The summed E-state index contributed by atoms with van der Waals surface area (Å²) in [6, 6.07) is 7.60. The molecule has 0 aromatic heterocycles. The second-order valence-corrected chi connectivity index (χ2v) is 6.58. The molecule has 1 aromatic carbocycles. The van der Waals surface area contributed by atoms with E-state index in [-0.39, 0.29) is 23.8 Å². The monoisotopic (exact) mass is 295 g/mol. The summed E-state index contributed by atoms with van der Waals surface area (Å²) in [6.07, 6.45) is 1.55. The quantitative estimate of drug-likeness (QED) is 0.876. The number of benzene rings is 1. The molecule has 0 aliphatic heterocycles. The molecule has 1 atom stereocenters. The molecule has 0 radical (unpaired) electrons. The first kappa shape index (κ1) is 15.3. The fourth-order valence-electron chi connectivity index (χ4n) is 2.47. The van der Waals surface area contributed by atoms with Crippen LogP contribution in [0.4, 0.5) is 0 Å². The van der Waals surface area contributed by atoms with Gasteiger partial charge in [0.05, 0.1) is 0 Å². The van der Waals surface area contributed by atoms with E-state index in [9.17, 15) is 4.79 Å². The fraction of sp³-hybridized carbons (Fsp3) is 0.562. The van der Waals surface area contributed by atoms with Crippen molar-refractivity contribution in [2.45, 2.75) is 33.2 Å². The number of nitrogens with zero attached hydrogens (tertiary/aromatic N) is 1. The van der Waals surface area contributed by atoms with Crippen LogP contribution < -0.4 is 0 Å². The molecule has 1 saturated carbocycles. The molecular weight excluding hydrogens is 274 g/mol. The molecule has 0 heterocycles. The predicted octanol–water partition coefficient (Wildman–Crippen LogP) is 3.10. The standard InChI is InChI=1S/C16H22ClNO2/c1-16(2)10-13(16)15(20)18(8-5-9-19)11-12-6-3-4-7-14(12)17/h3-4,6-7,13,19H,5,8-11H2,1-2H3. The number of amides is 1. The first-order valence-electron chi connectivity index (χ1n) is 7.09. The lowest BCUT2D eigenvalue weighted by molar-refractivity contribution is -0.134. The van der Waals surface area contributed by atoms with Crippen LogP contribution in [0.3, 0.4) is 0 Å². The summed E-state index contributed by atoms with van der Waals surface area (Å²) < 4.78 is 0. The largest absolute Gasteiger partial charge is 0.396 e. The molecule has 3 nitrogen and oxygen atoms in total. The van der Waals surface area contributed by atoms with E-state index in [0.29, 0.717) is 24.5 Å². The van der Waals surface area contributed by atoms with Gasteiger partial charge in [-0.25, -0.2) is 0 Å². The summed E-state index contributed by atoms with van der Waals surface area (Å²) in [5.74, 6) is 0.298. The Hall–Kier alpha value is -1.06. The van der Waals surface area contributed by atoms with Crippen LogP contribution in [-0.4, -0.2) is 29.1 Å². The highest BCUT2D eigenvalue weighted by atomic mass is 35.5. The Morgan fingerprint density at radius 1 is 1.45 bits per heavy atom. The van der Waals surface area contributed by atoms with Gasteiger partial charge >= 0.3 is 0 Å². The number of carbonyl (C=O) groups is 1.